The van der Waals surface area contributed by atoms with E-state index in [0.29, 0.717) is 5.36 Å². The van der Waals surface area contributed by atoms with Crippen molar-refractivity contribution in [1.82, 2.24) is 19.9 Å². The van der Waals surface area contributed by atoms with Crippen LogP contribution in [0.25, 0.3) is 44.2 Å². The summed E-state index contributed by atoms with van der Waals surface area (Å²) in [5, 5.41) is 10.4. The zero-order valence-corrected chi connectivity index (χ0v) is 28.3. The summed E-state index contributed by atoms with van der Waals surface area (Å²) in [5.74, 6) is -0.562. The third-order valence-corrected chi connectivity index (χ3v) is 9.53. The van der Waals surface area contributed by atoms with Crippen LogP contribution in [-0.2, 0) is 43.3 Å². The molecule has 8 bridgehead atoms. The highest BCUT2D eigenvalue weighted by molar-refractivity contribution is 5.94. The first kappa shape index (κ1) is 32.4. The van der Waals surface area contributed by atoms with Gasteiger partial charge < -0.3 is 20.1 Å². The molecule has 45 heavy (non-hydrogen) atoms. The second kappa shape index (κ2) is 13.6. The van der Waals surface area contributed by atoms with Crippen LogP contribution in [0.1, 0.15) is 113 Å². The average molecular weight is 608 g/mol. The van der Waals surface area contributed by atoms with Gasteiger partial charge in [0.15, 0.2) is 0 Å². The van der Waals surface area contributed by atoms with Gasteiger partial charge in [-0.3, -0.25) is 4.79 Å². The van der Waals surface area contributed by atoms with Gasteiger partial charge in [0, 0.05) is 22.1 Å². The molecule has 5 heterocycles. The zero-order valence-electron chi connectivity index (χ0n) is 28.3. The van der Waals surface area contributed by atoms with Crippen LogP contribution in [0, 0.1) is 0 Å². The molecule has 0 radical (unpaired) electrons. The van der Waals surface area contributed by atoms with E-state index in [1.807, 2.05) is 0 Å². The number of amides is 1. The van der Waals surface area contributed by atoms with Gasteiger partial charge in [0.2, 0.25) is 0 Å². The Morgan fingerprint density at radius 1 is 0.578 bits per heavy atom. The van der Waals surface area contributed by atoms with Crippen molar-refractivity contribution in [2.75, 3.05) is 6.61 Å². The van der Waals surface area contributed by atoms with Gasteiger partial charge >= 0.3 is 0 Å². The van der Waals surface area contributed by atoms with Gasteiger partial charge in [0.05, 0.1) is 22.4 Å². The molecular formula is C38H49N5O2. The van der Waals surface area contributed by atoms with Gasteiger partial charge in [0.1, 0.15) is 12.0 Å². The number of rotatable bonds is 9. The van der Waals surface area contributed by atoms with Crippen molar-refractivity contribution in [2.24, 2.45) is 4.99 Å². The van der Waals surface area contributed by atoms with Crippen LogP contribution in [0.3, 0.4) is 0 Å². The van der Waals surface area contributed by atoms with Gasteiger partial charge in [-0.25, -0.2) is 9.98 Å². The fourth-order valence-electron chi connectivity index (χ4n) is 7.53. The van der Waals surface area contributed by atoms with Crippen molar-refractivity contribution in [2.45, 2.75) is 107 Å². The maximum absolute atomic E-state index is 12.9. The molecule has 4 N–H and O–H groups in total. The number of nitrogens with zero attached hydrogens (tertiary/aromatic N) is 2. The van der Waals surface area contributed by atoms with E-state index in [-0.39, 0.29) is 0 Å². The SMILES string of the molecule is CCC1=C(CC)c2cc3[nH]c(c(CC)c3CC)c(=NC(=O)CO)c3[nH]c(cc4[nH]c(cc1n2)c(CC)c4CC)c(CC)c3CC. The van der Waals surface area contributed by atoms with Crippen LogP contribution in [0.5, 0.6) is 0 Å². The second-order valence-electron chi connectivity index (χ2n) is 11.8. The third kappa shape index (κ3) is 5.56. The minimum absolute atomic E-state index is 0.560. The Balaban J connectivity index is 2.17. The maximum Gasteiger partial charge on any atom is 0.272 e. The molecule has 0 saturated carbocycles. The number of aromatic amines is 3. The molecular weight excluding hydrogens is 558 g/mol. The molecule has 0 spiro atoms. The van der Waals surface area contributed by atoms with Crippen LogP contribution < -0.4 is 5.36 Å². The van der Waals surface area contributed by atoms with E-state index in [9.17, 15) is 9.90 Å². The maximum atomic E-state index is 12.9. The highest BCUT2D eigenvalue weighted by Crippen LogP contribution is 2.36. The van der Waals surface area contributed by atoms with Crippen LogP contribution in [-0.4, -0.2) is 37.6 Å². The van der Waals surface area contributed by atoms with Crippen molar-refractivity contribution in [3.63, 3.8) is 0 Å². The van der Waals surface area contributed by atoms with E-state index in [0.717, 1.165) is 107 Å². The molecule has 1 aliphatic rings. The molecule has 0 saturated heterocycles. The molecule has 0 aliphatic carbocycles. The van der Waals surface area contributed by atoms with Gasteiger partial charge in [-0.1, -0.05) is 55.4 Å². The minimum Gasteiger partial charge on any atom is -0.386 e. The molecule has 7 heteroatoms. The molecule has 0 aromatic carbocycles. The molecule has 5 rings (SSSR count). The van der Waals surface area contributed by atoms with Gasteiger partial charge in [-0.15, -0.1) is 0 Å². The van der Waals surface area contributed by atoms with Gasteiger partial charge in [-0.05, 0) is 114 Å². The number of aryl methyl sites for hydroxylation is 6. The lowest BCUT2D eigenvalue weighted by molar-refractivity contribution is -0.120. The van der Waals surface area contributed by atoms with E-state index in [1.165, 1.54) is 33.4 Å². The van der Waals surface area contributed by atoms with Crippen LogP contribution in [0.2, 0.25) is 0 Å². The largest absolute Gasteiger partial charge is 0.386 e. The fraction of sp³-hybridized carbons (Fsp3) is 0.447. The van der Waals surface area contributed by atoms with E-state index in [1.54, 1.807) is 0 Å². The second-order valence-corrected chi connectivity index (χ2v) is 11.8. The standard InChI is InChI=1S/C38H49N5O2/c1-9-21-23(11-3)31-18-33-25(13-5)27(15-7)36(41-33)38(43-35(45)20-44)37-28(16-8)26(14-6)34(42-37)19-32-24(12-4)22(10-2)30(40-32)17-29(21)39-31/h17-19,39,41-42,44H,9-16,20H2,1-8H3. The first-order valence-electron chi connectivity index (χ1n) is 17.0. The van der Waals surface area contributed by atoms with Crippen LogP contribution >= 0.6 is 0 Å². The molecule has 4 aromatic rings. The number of aromatic nitrogens is 4. The lowest BCUT2D eigenvalue weighted by Gasteiger charge is -2.03. The molecule has 0 unspecified atom stereocenters. The molecule has 1 amide bonds. The highest BCUT2D eigenvalue weighted by Gasteiger charge is 2.21. The normalized spacial score (nSPS) is 13.0. The van der Waals surface area contributed by atoms with Crippen molar-refractivity contribution >= 4 is 50.2 Å². The van der Waals surface area contributed by atoms with E-state index >= 15 is 0 Å². The average Bonchev–Trinajstić information content (AvgIpc) is 3.78. The number of allylic oxidation sites excluding steroid dienone is 2. The first-order chi connectivity index (χ1) is 21.8. The van der Waals surface area contributed by atoms with Crippen molar-refractivity contribution in [1.29, 1.82) is 0 Å². The predicted molar refractivity (Wildman–Crippen MR) is 188 cm³/mol. The van der Waals surface area contributed by atoms with Crippen molar-refractivity contribution in [3.8, 4) is 0 Å². The Hall–Kier alpha value is -3.97. The summed E-state index contributed by atoms with van der Waals surface area (Å²) in [7, 11) is 0. The first-order valence-corrected chi connectivity index (χ1v) is 17.0. The van der Waals surface area contributed by atoms with E-state index < -0.39 is 12.5 Å². The minimum atomic E-state index is -0.645. The van der Waals surface area contributed by atoms with Crippen molar-refractivity contribution in [3.05, 3.63) is 68.3 Å². The number of fused-ring (bicyclic) bond motifs is 8. The number of aliphatic hydroxyl groups excluding tert-OH is 1. The van der Waals surface area contributed by atoms with Crippen molar-refractivity contribution < 1.29 is 9.90 Å². The lowest BCUT2D eigenvalue weighted by atomic mass is 9.99. The fourth-order valence-corrected chi connectivity index (χ4v) is 7.53. The van der Waals surface area contributed by atoms with E-state index in [2.05, 4.69) is 93.5 Å². The highest BCUT2D eigenvalue weighted by atomic mass is 16.3. The number of H-pyrrole nitrogens is 3. The number of hydrogen-bond acceptors (Lipinski definition) is 3. The molecule has 1 aliphatic heterocycles. The summed E-state index contributed by atoms with van der Waals surface area (Å²) in [4.78, 5) is 34.0. The predicted octanol–water partition coefficient (Wildman–Crippen LogP) is 8.05. The zero-order chi connectivity index (χ0) is 32.4. The smallest absolute Gasteiger partial charge is 0.272 e. The monoisotopic (exact) mass is 607 g/mol. The number of aliphatic hydroxyl groups is 1. The van der Waals surface area contributed by atoms with Gasteiger partial charge in [0.25, 0.3) is 5.91 Å². The Labute approximate surface area is 266 Å². The third-order valence-electron chi connectivity index (χ3n) is 9.53. The number of hydrogen-bond donors (Lipinski definition) is 4. The molecule has 7 nitrogen and oxygen atoms in total. The van der Waals surface area contributed by atoms with E-state index in [4.69, 9.17) is 4.98 Å². The molecule has 4 aromatic heterocycles. The van der Waals surface area contributed by atoms with Crippen LogP contribution in [0.4, 0.5) is 0 Å². The molecule has 238 valence electrons. The lowest BCUT2D eigenvalue weighted by Crippen LogP contribution is -2.13. The Morgan fingerprint density at radius 2 is 0.956 bits per heavy atom. The van der Waals surface area contributed by atoms with Crippen LogP contribution in [0.15, 0.2) is 23.2 Å². The summed E-state index contributed by atoms with van der Waals surface area (Å²) in [6.07, 6.45) is 6.82. The van der Waals surface area contributed by atoms with Gasteiger partial charge in [-0.2, -0.15) is 0 Å². The summed E-state index contributed by atoms with van der Waals surface area (Å²) in [6, 6.07) is 6.69. The topological polar surface area (TPSA) is 110 Å². The summed E-state index contributed by atoms with van der Waals surface area (Å²) in [5.41, 5.74) is 17.8. The number of carbonyl (C=O) groups is 1. The Bertz CT molecular complexity index is 2000. The molecule has 0 fully saturated rings. The summed E-state index contributed by atoms with van der Waals surface area (Å²) in [6.45, 7) is 16.9. The quantitative estimate of drug-likeness (QED) is 0.154. The summed E-state index contributed by atoms with van der Waals surface area (Å²) < 4.78 is 0. The Kier molecular flexibility index (Phi) is 9.78. The Morgan fingerprint density at radius 3 is 1.36 bits per heavy atom. The number of nitrogens with one attached hydrogen (secondary N) is 3. The number of carbonyl (C=O) groups excluding carboxylic acids is 1. The molecule has 0 atom stereocenters. The summed E-state index contributed by atoms with van der Waals surface area (Å²) >= 11 is 0.